The van der Waals surface area contributed by atoms with Gasteiger partial charge in [0.05, 0.1) is 16.8 Å². The summed E-state index contributed by atoms with van der Waals surface area (Å²) in [5.41, 5.74) is 3.35. The van der Waals surface area contributed by atoms with E-state index in [4.69, 9.17) is 0 Å². The van der Waals surface area contributed by atoms with Crippen LogP contribution in [-0.4, -0.2) is 28.5 Å². The molecule has 0 saturated carbocycles. The molecule has 0 aliphatic rings. The van der Waals surface area contributed by atoms with Crippen molar-refractivity contribution in [3.05, 3.63) is 71.4 Å². The Hall–Kier alpha value is -3.19. The molecule has 0 fully saturated rings. The first kappa shape index (κ1) is 19.1. The van der Waals surface area contributed by atoms with Gasteiger partial charge in [0.2, 0.25) is 0 Å². The molecule has 148 valence electrons. The minimum absolute atomic E-state index is 0.0373. The van der Waals surface area contributed by atoms with Gasteiger partial charge in [0, 0.05) is 43.0 Å². The molecule has 6 nitrogen and oxygen atoms in total. The van der Waals surface area contributed by atoms with E-state index in [-0.39, 0.29) is 16.2 Å². The average Bonchev–Trinajstić information content (AvgIpc) is 3.16. The van der Waals surface area contributed by atoms with E-state index in [0.29, 0.717) is 5.39 Å². The summed E-state index contributed by atoms with van der Waals surface area (Å²) in [5, 5.41) is 5.58. The smallest absolute Gasteiger partial charge is 0.258 e. The second-order valence-electron chi connectivity index (χ2n) is 7.05. The van der Waals surface area contributed by atoms with Crippen LogP contribution in [0.5, 0.6) is 0 Å². The standard InChI is InChI=1S/C22H21N3O3S/c1-4-29(27,28)18-7-5-6-16(10-18)21-14-24(2)22(26)19-9-8-15(11-20(19)21)17-12-23-25(3)13-17/h5-14H,4H2,1-3H3. The summed E-state index contributed by atoms with van der Waals surface area (Å²) in [6.45, 7) is 1.63. The maximum absolute atomic E-state index is 12.7. The summed E-state index contributed by atoms with van der Waals surface area (Å²) in [4.78, 5) is 13.0. The molecule has 0 aliphatic carbocycles. The van der Waals surface area contributed by atoms with E-state index >= 15 is 0 Å². The number of sulfone groups is 1. The largest absolute Gasteiger partial charge is 0.317 e. The number of hydrogen-bond acceptors (Lipinski definition) is 4. The average molecular weight is 407 g/mol. The third-order valence-electron chi connectivity index (χ3n) is 5.11. The van der Waals surface area contributed by atoms with Gasteiger partial charge in [-0.25, -0.2) is 8.42 Å². The van der Waals surface area contributed by atoms with Crippen LogP contribution in [0.25, 0.3) is 33.0 Å². The molecule has 0 spiro atoms. The number of aromatic nitrogens is 3. The van der Waals surface area contributed by atoms with Crippen LogP contribution in [0.2, 0.25) is 0 Å². The van der Waals surface area contributed by atoms with Crippen LogP contribution in [0.15, 0.2) is 70.7 Å². The predicted octanol–water partition coefficient (Wildman–Crippen LogP) is 3.40. The highest BCUT2D eigenvalue weighted by molar-refractivity contribution is 7.91. The molecule has 7 heteroatoms. The highest BCUT2D eigenvalue weighted by Crippen LogP contribution is 2.31. The van der Waals surface area contributed by atoms with E-state index in [1.807, 2.05) is 37.5 Å². The van der Waals surface area contributed by atoms with Crippen LogP contribution < -0.4 is 5.56 Å². The third kappa shape index (κ3) is 3.38. The lowest BCUT2D eigenvalue weighted by atomic mass is 9.97. The van der Waals surface area contributed by atoms with Gasteiger partial charge in [-0.1, -0.05) is 25.1 Å². The lowest BCUT2D eigenvalue weighted by Gasteiger charge is -2.12. The van der Waals surface area contributed by atoms with E-state index in [0.717, 1.165) is 27.6 Å². The van der Waals surface area contributed by atoms with Crippen LogP contribution in [0.1, 0.15) is 6.92 Å². The summed E-state index contributed by atoms with van der Waals surface area (Å²) in [6, 6.07) is 12.6. The molecule has 0 N–H and O–H groups in total. The quantitative estimate of drug-likeness (QED) is 0.520. The maximum atomic E-state index is 12.7. The number of nitrogens with zero attached hydrogens (tertiary/aromatic N) is 3. The van der Waals surface area contributed by atoms with E-state index < -0.39 is 9.84 Å². The van der Waals surface area contributed by atoms with Gasteiger partial charge in [-0.3, -0.25) is 9.48 Å². The molecular weight excluding hydrogens is 386 g/mol. The number of aryl methyl sites for hydroxylation is 2. The monoisotopic (exact) mass is 407 g/mol. The second-order valence-corrected chi connectivity index (χ2v) is 9.33. The Bertz CT molecular complexity index is 1400. The Morgan fingerprint density at radius 3 is 2.41 bits per heavy atom. The van der Waals surface area contributed by atoms with Crippen molar-refractivity contribution in [3.8, 4) is 22.3 Å². The summed E-state index contributed by atoms with van der Waals surface area (Å²) >= 11 is 0. The molecule has 0 bridgehead atoms. The van der Waals surface area contributed by atoms with Crippen molar-refractivity contribution in [2.45, 2.75) is 11.8 Å². The van der Waals surface area contributed by atoms with Crippen molar-refractivity contribution >= 4 is 20.6 Å². The van der Waals surface area contributed by atoms with E-state index in [1.54, 1.807) is 49.2 Å². The van der Waals surface area contributed by atoms with Crippen molar-refractivity contribution in [2.24, 2.45) is 14.1 Å². The Balaban J connectivity index is 2.00. The Morgan fingerprint density at radius 2 is 1.72 bits per heavy atom. The van der Waals surface area contributed by atoms with Crippen molar-refractivity contribution in [3.63, 3.8) is 0 Å². The van der Waals surface area contributed by atoms with Gasteiger partial charge in [0.25, 0.3) is 5.56 Å². The maximum Gasteiger partial charge on any atom is 0.258 e. The number of hydrogen-bond donors (Lipinski definition) is 0. The first-order chi connectivity index (χ1) is 13.8. The van der Waals surface area contributed by atoms with Gasteiger partial charge in [0.15, 0.2) is 9.84 Å². The van der Waals surface area contributed by atoms with Crippen LogP contribution in [-0.2, 0) is 23.9 Å². The molecule has 4 rings (SSSR count). The van der Waals surface area contributed by atoms with Crippen molar-refractivity contribution in [2.75, 3.05) is 5.75 Å². The number of fused-ring (bicyclic) bond motifs is 1. The zero-order valence-corrected chi connectivity index (χ0v) is 17.3. The molecule has 4 aromatic rings. The molecule has 0 amide bonds. The van der Waals surface area contributed by atoms with E-state index in [1.165, 1.54) is 4.57 Å². The van der Waals surface area contributed by atoms with Gasteiger partial charge < -0.3 is 4.57 Å². The SMILES string of the molecule is CCS(=O)(=O)c1cccc(-c2cn(C)c(=O)c3ccc(-c4cnn(C)c4)cc23)c1. The topological polar surface area (TPSA) is 74.0 Å². The minimum atomic E-state index is -3.33. The highest BCUT2D eigenvalue weighted by Gasteiger charge is 2.15. The molecule has 2 aromatic carbocycles. The van der Waals surface area contributed by atoms with Crippen LogP contribution in [0.3, 0.4) is 0 Å². The van der Waals surface area contributed by atoms with Crippen molar-refractivity contribution < 1.29 is 8.42 Å². The predicted molar refractivity (Wildman–Crippen MR) is 115 cm³/mol. The van der Waals surface area contributed by atoms with Crippen LogP contribution in [0.4, 0.5) is 0 Å². The Labute approximate surface area is 169 Å². The molecule has 0 radical (unpaired) electrons. The fourth-order valence-corrected chi connectivity index (χ4v) is 4.39. The minimum Gasteiger partial charge on any atom is -0.317 e. The lowest BCUT2D eigenvalue weighted by molar-refractivity contribution is 0.597. The molecule has 0 saturated heterocycles. The van der Waals surface area contributed by atoms with Gasteiger partial charge in [0.1, 0.15) is 0 Å². The van der Waals surface area contributed by atoms with Gasteiger partial charge in [-0.05, 0) is 40.8 Å². The third-order valence-corrected chi connectivity index (χ3v) is 6.84. The summed E-state index contributed by atoms with van der Waals surface area (Å²) in [7, 11) is 0.226. The molecule has 29 heavy (non-hydrogen) atoms. The van der Waals surface area contributed by atoms with Gasteiger partial charge >= 0.3 is 0 Å². The van der Waals surface area contributed by atoms with E-state index in [2.05, 4.69) is 5.10 Å². The van der Waals surface area contributed by atoms with Gasteiger partial charge in [-0.15, -0.1) is 0 Å². The number of pyridine rings is 1. The summed E-state index contributed by atoms with van der Waals surface area (Å²) in [5.74, 6) is 0.0373. The summed E-state index contributed by atoms with van der Waals surface area (Å²) < 4.78 is 27.9. The molecule has 0 aliphatic heterocycles. The highest BCUT2D eigenvalue weighted by atomic mass is 32.2. The summed E-state index contributed by atoms with van der Waals surface area (Å²) in [6.07, 6.45) is 5.45. The van der Waals surface area contributed by atoms with Crippen LogP contribution >= 0.6 is 0 Å². The van der Waals surface area contributed by atoms with E-state index in [9.17, 15) is 13.2 Å². The van der Waals surface area contributed by atoms with Crippen LogP contribution in [0, 0.1) is 0 Å². The molecular formula is C22H21N3O3S. The molecule has 0 atom stereocenters. The molecule has 2 aromatic heterocycles. The number of rotatable bonds is 4. The fraction of sp³-hybridized carbons (Fsp3) is 0.182. The van der Waals surface area contributed by atoms with Crippen molar-refractivity contribution in [1.29, 1.82) is 0 Å². The molecule has 0 unspecified atom stereocenters. The second kappa shape index (κ2) is 7.00. The first-order valence-electron chi connectivity index (χ1n) is 9.26. The first-order valence-corrected chi connectivity index (χ1v) is 10.9. The zero-order chi connectivity index (χ0) is 20.8. The lowest BCUT2D eigenvalue weighted by Crippen LogP contribution is -2.16. The normalized spacial score (nSPS) is 11.8. The Kier molecular flexibility index (Phi) is 4.62. The Morgan fingerprint density at radius 1 is 0.931 bits per heavy atom. The number of benzene rings is 2. The zero-order valence-electron chi connectivity index (χ0n) is 16.5. The van der Waals surface area contributed by atoms with Gasteiger partial charge in [-0.2, -0.15) is 5.10 Å². The fourth-order valence-electron chi connectivity index (χ4n) is 3.47. The molecule has 2 heterocycles. The van der Waals surface area contributed by atoms with Crippen molar-refractivity contribution in [1.82, 2.24) is 14.3 Å².